The molecule has 49 heavy (non-hydrogen) atoms. The van der Waals surface area contributed by atoms with Gasteiger partial charge < -0.3 is 4.42 Å². The highest BCUT2D eigenvalue weighted by Crippen LogP contribution is 2.42. The Morgan fingerprint density at radius 3 is 2.18 bits per heavy atom. The predicted molar refractivity (Wildman–Crippen MR) is 201 cm³/mol. The van der Waals surface area contributed by atoms with E-state index in [-0.39, 0.29) is 0 Å². The van der Waals surface area contributed by atoms with Crippen LogP contribution in [0.4, 0.5) is 0 Å². The van der Waals surface area contributed by atoms with Crippen molar-refractivity contribution in [3.63, 3.8) is 0 Å². The fourth-order valence-electron chi connectivity index (χ4n) is 7.79. The average Bonchev–Trinajstić information content (AvgIpc) is 3.56. The Morgan fingerprint density at radius 2 is 1.29 bits per heavy atom. The lowest BCUT2D eigenvalue weighted by atomic mass is 9.92. The van der Waals surface area contributed by atoms with Gasteiger partial charge in [-0.3, -0.25) is 0 Å². The van der Waals surface area contributed by atoms with Crippen molar-refractivity contribution in [2.75, 3.05) is 0 Å². The minimum absolute atomic E-state index is 0.664. The molecule has 0 radical (unpaired) electrons. The number of aromatic nitrogens is 3. The van der Waals surface area contributed by atoms with E-state index >= 15 is 0 Å². The number of hydrogen-bond donors (Lipinski definition) is 0. The molecule has 0 bridgehead atoms. The first-order chi connectivity index (χ1) is 24.3. The van der Waals surface area contributed by atoms with Gasteiger partial charge in [0.1, 0.15) is 11.2 Å². The van der Waals surface area contributed by atoms with Crippen LogP contribution >= 0.6 is 0 Å². The second-order valence-corrected chi connectivity index (χ2v) is 12.9. The third kappa shape index (κ3) is 4.56. The van der Waals surface area contributed by atoms with E-state index in [1.54, 1.807) is 0 Å². The van der Waals surface area contributed by atoms with Gasteiger partial charge in [0.2, 0.25) is 0 Å². The van der Waals surface area contributed by atoms with Crippen LogP contribution in [0.15, 0.2) is 138 Å². The van der Waals surface area contributed by atoms with E-state index in [1.165, 1.54) is 21.6 Å². The van der Waals surface area contributed by atoms with Gasteiger partial charge in [-0.15, -0.1) is 0 Å². The van der Waals surface area contributed by atoms with Gasteiger partial charge in [-0.1, -0.05) is 127 Å². The predicted octanol–water partition coefficient (Wildman–Crippen LogP) is 9.92. The fraction of sp³-hybridized carbons (Fsp3) is 0.0889. The number of furan rings is 1. The van der Waals surface area contributed by atoms with E-state index in [2.05, 4.69) is 140 Å². The van der Waals surface area contributed by atoms with Crippen molar-refractivity contribution in [2.45, 2.75) is 25.7 Å². The topological polar surface area (TPSA) is 51.8 Å². The fourth-order valence-corrected chi connectivity index (χ4v) is 7.79. The van der Waals surface area contributed by atoms with Crippen molar-refractivity contribution in [2.24, 2.45) is 0 Å². The highest BCUT2D eigenvalue weighted by molar-refractivity contribution is 6.21. The normalized spacial score (nSPS) is 14.4. The minimum Gasteiger partial charge on any atom is -0.455 e. The highest BCUT2D eigenvalue weighted by Gasteiger charge is 2.22. The van der Waals surface area contributed by atoms with E-state index in [0.29, 0.717) is 11.6 Å². The van der Waals surface area contributed by atoms with E-state index in [0.717, 1.165) is 91.7 Å². The number of rotatable bonds is 4. The van der Waals surface area contributed by atoms with E-state index in [9.17, 15) is 0 Å². The zero-order valence-corrected chi connectivity index (χ0v) is 26.9. The molecule has 8 aromatic rings. The molecule has 2 aliphatic rings. The second kappa shape index (κ2) is 11.2. The summed E-state index contributed by atoms with van der Waals surface area (Å²) >= 11 is 0. The molecule has 0 fully saturated rings. The molecular formula is C45H31N3O. The molecule has 2 heterocycles. The number of nitrogens with zero attached hydrogens (tertiary/aromatic N) is 3. The lowest BCUT2D eigenvalue weighted by molar-refractivity contribution is 0.672. The van der Waals surface area contributed by atoms with Crippen LogP contribution in [0.25, 0.3) is 83.5 Å². The van der Waals surface area contributed by atoms with Crippen molar-refractivity contribution < 1.29 is 4.42 Å². The van der Waals surface area contributed by atoms with Gasteiger partial charge in [-0.05, 0) is 75.5 Å². The summed E-state index contributed by atoms with van der Waals surface area (Å²) in [6, 6.07) is 40.5. The van der Waals surface area contributed by atoms with E-state index in [1.807, 2.05) is 0 Å². The van der Waals surface area contributed by atoms with Gasteiger partial charge in [0.15, 0.2) is 17.5 Å². The van der Waals surface area contributed by atoms with Gasteiger partial charge in [0.25, 0.3) is 0 Å². The first-order valence-corrected chi connectivity index (χ1v) is 17.1. The van der Waals surface area contributed by atoms with Crippen molar-refractivity contribution >= 4 is 60.7 Å². The summed E-state index contributed by atoms with van der Waals surface area (Å²) in [5.74, 6) is 2.07. The molecule has 0 atom stereocenters. The summed E-state index contributed by atoms with van der Waals surface area (Å²) in [4.78, 5) is 15.9. The summed E-state index contributed by atoms with van der Waals surface area (Å²) < 4.78 is 6.68. The summed E-state index contributed by atoms with van der Waals surface area (Å²) in [6.45, 7) is 0. The maximum Gasteiger partial charge on any atom is 0.164 e. The molecule has 6 aromatic carbocycles. The SMILES string of the molecule is C1=CCCC(c2cccc3oc4c5ccccc5c(-c5nc(C6=c7ccccc7=CCC6)nc(-c6cccc7ccccc67)n5)cc4c23)=C1. The molecular weight excluding hydrogens is 599 g/mol. The van der Waals surface area contributed by atoms with Crippen LogP contribution in [-0.4, -0.2) is 15.0 Å². The average molecular weight is 630 g/mol. The summed E-state index contributed by atoms with van der Waals surface area (Å²) in [5, 5.41) is 9.02. The molecule has 0 saturated heterocycles. The van der Waals surface area contributed by atoms with Gasteiger partial charge in [0.05, 0.1) is 0 Å². The van der Waals surface area contributed by atoms with Crippen LogP contribution in [0.3, 0.4) is 0 Å². The summed E-state index contributed by atoms with van der Waals surface area (Å²) in [7, 11) is 0. The lowest BCUT2D eigenvalue weighted by Crippen LogP contribution is -2.30. The molecule has 0 spiro atoms. The minimum atomic E-state index is 0.664. The van der Waals surface area contributed by atoms with E-state index < -0.39 is 0 Å². The molecule has 4 heteroatoms. The molecule has 0 saturated carbocycles. The highest BCUT2D eigenvalue weighted by atomic mass is 16.3. The largest absolute Gasteiger partial charge is 0.455 e. The van der Waals surface area contributed by atoms with Crippen molar-refractivity contribution in [1.82, 2.24) is 15.0 Å². The van der Waals surface area contributed by atoms with Crippen LogP contribution in [0, 0.1) is 0 Å². The molecule has 0 amide bonds. The van der Waals surface area contributed by atoms with Crippen LogP contribution < -0.4 is 10.4 Å². The number of allylic oxidation sites excluding steroid dienone is 4. The molecule has 232 valence electrons. The molecule has 2 aromatic heterocycles. The zero-order chi connectivity index (χ0) is 32.3. The van der Waals surface area contributed by atoms with Crippen molar-refractivity contribution in [3.8, 4) is 22.8 Å². The van der Waals surface area contributed by atoms with Gasteiger partial charge in [0, 0.05) is 32.9 Å². The van der Waals surface area contributed by atoms with Crippen LogP contribution in [0.1, 0.15) is 37.1 Å². The van der Waals surface area contributed by atoms with Crippen molar-refractivity contribution in [1.29, 1.82) is 0 Å². The Labute approximate surface area is 283 Å². The maximum absolute atomic E-state index is 6.68. The van der Waals surface area contributed by atoms with E-state index in [4.69, 9.17) is 19.4 Å². The summed E-state index contributed by atoms with van der Waals surface area (Å²) in [6.07, 6.45) is 12.8. The Kier molecular flexibility index (Phi) is 6.41. The first kappa shape index (κ1) is 27.9. The van der Waals surface area contributed by atoms with Crippen molar-refractivity contribution in [3.05, 3.63) is 155 Å². The molecule has 0 aliphatic heterocycles. The molecule has 0 unspecified atom stereocenters. The van der Waals surface area contributed by atoms with Gasteiger partial charge in [-0.25, -0.2) is 15.0 Å². The number of fused-ring (bicyclic) bond motifs is 7. The third-order valence-corrected chi connectivity index (χ3v) is 10.1. The smallest absolute Gasteiger partial charge is 0.164 e. The van der Waals surface area contributed by atoms with Gasteiger partial charge >= 0.3 is 0 Å². The molecule has 4 nitrogen and oxygen atoms in total. The lowest BCUT2D eigenvalue weighted by Gasteiger charge is -2.15. The Balaban J connectivity index is 1.31. The Bertz CT molecular complexity index is 2830. The van der Waals surface area contributed by atoms with Crippen LogP contribution in [-0.2, 0) is 0 Å². The monoisotopic (exact) mass is 629 g/mol. The standard InChI is InChI=1S/C45H31N3O/c1-2-13-30(14-3-1)33-23-12-26-40-41(33)39-27-38(34-21-8-9-22-35(34)42(39)49-40)45-47-43(36-24-10-17-28-15-4-6-19-31(28)36)46-44(48-45)37-25-11-18-29-16-5-7-20-32(29)37/h1-2,4-10,12-13,15-24,26-27H,3,11,14,25H2. The zero-order valence-electron chi connectivity index (χ0n) is 26.9. The maximum atomic E-state index is 6.68. The van der Waals surface area contributed by atoms with Gasteiger partial charge in [-0.2, -0.15) is 0 Å². The first-order valence-electron chi connectivity index (χ1n) is 17.1. The second-order valence-electron chi connectivity index (χ2n) is 12.9. The molecule has 0 N–H and O–H groups in total. The summed E-state index contributed by atoms with van der Waals surface area (Å²) in [5.41, 5.74) is 7.46. The molecule has 10 rings (SSSR count). The van der Waals surface area contributed by atoms with Crippen LogP contribution in [0.2, 0.25) is 0 Å². The quantitative estimate of drug-likeness (QED) is 0.194. The number of hydrogen-bond acceptors (Lipinski definition) is 4. The Morgan fingerprint density at radius 1 is 0.551 bits per heavy atom. The molecule has 2 aliphatic carbocycles. The Hall–Kier alpha value is -6.13. The number of benzene rings is 6. The van der Waals surface area contributed by atoms with Crippen LogP contribution in [0.5, 0.6) is 0 Å². The third-order valence-electron chi connectivity index (χ3n) is 10.1.